The predicted octanol–water partition coefficient (Wildman–Crippen LogP) is 0.236. The van der Waals surface area contributed by atoms with Crippen molar-refractivity contribution in [1.29, 1.82) is 0 Å². The normalized spacial score (nSPS) is 6.60. The molecule has 0 saturated heterocycles. The number of nitrogens with two attached hydrogens (primary N) is 1. The van der Waals surface area contributed by atoms with Gasteiger partial charge in [0.05, 0.1) is 0 Å². The first-order chi connectivity index (χ1) is 4.81. The fourth-order valence-electron chi connectivity index (χ4n) is 0.200. The van der Waals surface area contributed by atoms with Gasteiger partial charge in [-0.2, -0.15) is 0 Å². The summed E-state index contributed by atoms with van der Waals surface area (Å²) in [7, 11) is 0. The van der Waals surface area contributed by atoms with E-state index in [1.54, 1.807) is 0 Å². The fraction of sp³-hybridized carbons (Fsp3) is 0.167. The monoisotopic (exact) mass is 145 g/mol. The molecule has 10 heavy (non-hydrogen) atoms. The summed E-state index contributed by atoms with van der Waals surface area (Å²) in [6, 6.07) is 0. The molecule has 0 fully saturated rings. The van der Waals surface area contributed by atoms with Gasteiger partial charge in [0.2, 0.25) is 0 Å². The third-order valence-corrected chi connectivity index (χ3v) is 0.510. The van der Waals surface area contributed by atoms with Crippen molar-refractivity contribution < 1.29 is 14.7 Å². The van der Waals surface area contributed by atoms with Crippen LogP contribution < -0.4 is 5.90 Å². The first kappa shape index (κ1) is 11.6. The van der Waals surface area contributed by atoms with E-state index in [4.69, 9.17) is 5.21 Å². The summed E-state index contributed by atoms with van der Waals surface area (Å²) in [5.74, 6) is 3.09. The van der Waals surface area contributed by atoms with Gasteiger partial charge in [0, 0.05) is 6.08 Å². The molecule has 4 nitrogen and oxygen atoms in total. The maximum atomic E-state index is 10.2. The summed E-state index contributed by atoms with van der Waals surface area (Å²) in [6.45, 7) is 6.81. The van der Waals surface area contributed by atoms with Crippen molar-refractivity contribution in [2.75, 3.05) is 6.61 Å². The predicted molar refractivity (Wildman–Crippen MR) is 37.3 cm³/mol. The summed E-state index contributed by atoms with van der Waals surface area (Å²) in [5, 5.41) is 6.50. The zero-order valence-electron chi connectivity index (χ0n) is 5.62. The van der Waals surface area contributed by atoms with Crippen LogP contribution in [0, 0.1) is 0 Å². The minimum atomic E-state index is -0.412. The Morgan fingerprint density at radius 3 is 2.40 bits per heavy atom. The average Bonchev–Trinajstić information content (AvgIpc) is 2.04. The van der Waals surface area contributed by atoms with E-state index >= 15 is 0 Å². The number of hydrogen-bond donors (Lipinski definition) is 2. The molecule has 0 unspecified atom stereocenters. The molecule has 0 aliphatic heterocycles. The van der Waals surface area contributed by atoms with Crippen LogP contribution in [0.25, 0.3) is 0 Å². The Balaban J connectivity index is 0. The highest BCUT2D eigenvalue weighted by Gasteiger charge is 1.87. The summed E-state index contributed by atoms with van der Waals surface area (Å²) in [4.78, 5) is 10.2. The minimum Gasteiger partial charge on any atom is -0.458 e. The molecule has 0 radical (unpaired) electrons. The van der Waals surface area contributed by atoms with Crippen LogP contribution in [0.3, 0.4) is 0 Å². The van der Waals surface area contributed by atoms with E-state index in [1.807, 2.05) is 0 Å². The summed E-state index contributed by atoms with van der Waals surface area (Å²) in [6.07, 6.45) is 2.62. The molecule has 58 valence electrons. The molecular weight excluding hydrogens is 134 g/mol. The van der Waals surface area contributed by atoms with Gasteiger partial charge >= 0.3 is 5.97 Å². The molecule has 0 aromatic rings. The van der Waals surface area contributed by atoms with Crippen molar-refractivity contribution in [2.24, 2.45) is 5.90 Å². The molecule has 0 spiro atoms. The molecule has 0 saturated carbocycles. The van der Waals surface area contributed by atoms with Gasteiger partial charge in [-0.1, -0.05) is 19.2 Å². The Kier molecular flexibility index (Phi) is 12.5. The number of rotatable bonds is 3. The smallest absolute Gasteiger partial charge is 0.330 e. The van der Waals surface area contributed by atoms with Crippen molar-refractivity contribution in [3.8, 4) is 0 Å². The van der Waals surface area contributed by atoms with Crippen LogP contribution >= 0.6 is 0 Å². The highest BCUT2D eigenvalue weighted by molar-refractivity contribution is 5.81. The second-order valence-electron chi connectivity index (χ2n) is 1.12. The van der Waals surface area contributed by atoms with Crippen LogP contribution in [0.1, 0.15) is 0 Å². The van der Waals surface area contributed by atoms with Crippen LogP contribution in [0.15, 0.2) is 25.3 Å². The molecule has 0 atom stereocenters. The molecule has 4 heteroatoms. The van der Waals surface area contributed by atoms with E-state index in [0.717, 1.165) is 6.08 Å². The van der Waals surface area contributed by atoms with Gasteiger partial charge in [0.15, 0.2) is 0 Å². The van der Waals surface area contributed by atoms with E-state index in [1.165, 1.54) is 6.08 Å². The second-order valence-corrected chi connectivity index (χ2v) is 1.12. The van der Waals surface area contributed by atoms with Crippen LogP contribution in [0.4, 0.5) is 0 Å². The molecule has 0 amide bonds. The molecule has 0 aliphatic carbocycles. The SMILES string of the molecule is C=CCOC(=O)C=C.NO. The Hall–Kier alpha value is -1.13. The van der Waals surface area contributed by atoms with Crippen molar-refractivity contribution in [1.82, 2.24) is 0 Å². The van der Waals surface area contributed by atoms with E-state index in [2.05, 4.69) is 23.8 Å². The molecule has 0 aromatic carbocycles. The molecule has 0 bridgehead atoms. The van der Waals surface area contributed by atoms with Crippen LogP contribution in [-0.4, -0.2) is 17.8 Å². The lowest BCUT2D eigenvalue weighted by Crippen LogP contribution is -1.98. The summed E-state index contributed by atoms with van der Waals surface area (Å²) < 4.78 is 4.47. The van der Waals surface area contributed by atoms with Crippen molar-refractivity contribution >= 4 is 5.97 Å². The number of hydrogen-bond acceptors (Lipinski definition) is 4. The van der Waals surface area contributed by atoms with Gasteiger partial charge in [-0.3, -0.25) is 0 Å². The first-order valence-electron chi connectivity index (χ1n) is 2.47. The maximum absolute atomic E-state index is 10.2. The number of carbonyl (C=O) groups is 1. The van der Waals surface area contributed by atoms with Gasteiger partial charge in [-0.15, -0.1) is 0 Å². The highest BCUT2D eigenvalue weighted by Crippen LogP contribution is 1.77. The van der Waals surface area contributed by atoms with Gasteiger partial charge in [-0.05, 0) is 0 Å². The molecule has 0 aromatic heterocycles. The fourth-order valence-corrected chi connectivity index (χ4v) is 0.200. The zero-order valence-corrected chi connectivity index (χ0v) is 5.62. The van der Waals surface area contributed by atoms with E-state index in [0.29, 0.717) is 0 Å². The van der Waals surface area contributed by atoms with E-state index in [9.17, 15) is 4.79 Å². The molecule has 0 aliphatic rings. The standard InChI is InChI=1S/C6H8O2.H3NO/c1-3-5-8-6(7)4-2;1-2/h3-4H,1-2,5H2;2H,1H2. The number of ether oxygens (including phenoxy) is 1. The van der Waals surface area contributed by atoms with Crippen molar-refractivity contribution in [3.05, 3.63) is 25.3 Å². The van der Waals surface area contributed by atoms with E-state index in [-0.39, 0.29) is 6.61 Å². The Labute approximate surface area is 59.6 Å². The summed E-state index contributed by atoms with van der Waals surface area (Å²) >= 11 is 0. The summed E-state index contributed by atoms with van der Waals surface area (Å²) in [5.41, 5.74) is 0. The van der Waals surface area contributed by atoms with Crippen LogP contribution in [-0.2, 0) is 9.53 Å². The molecular formula is C6H11NO3. The van der Waals surface area contributed by atoms with Gasteiger partial charge < -0.3 is 9.94 Å². The topological polar surface area (TPSA) is 72.5 Å². The zero-order chi connectivity index (χ0) is 8.41. The lowest BCUT2D eigenvalue weighted by molar-refractivity contribution is -0.136. The minimum absolute atomic E-state index is 0.255. The Morgan fingerprint density at radius 1 is 1.60 bits per heavy atom. The lowest BCUT2D eigenvalue weighted by atomic mass is 10.6. The third-order valence-electron chi connectivity index (χ3n) is 0.510. The number of esters is 1. The Bertz CT molecular complexity index is 112. The van der Waals surface area contributed by atoms with Gasteiger partial charge in [-0.25, -0.2) is 10.7 Å². The molecule has 3 N–H and O–H groups in total. The largest absolute Gasteiger partial charge is 0.458 e. The molecule has 0 heterocycles. The van der Waals surface area contributed by atoms with E-state index < -0.39 is 5.97 Å². The number of carbonyl (C=O) groups excluding carboxylic acids is 1. The van der Waals surface area contributed by atoms with Gasteiger partial charge in [0.25, 0.3) is 0 Å². The van der Waals surface area contributed by atoms with Crippen molar-refractivity contribution in [3.63, 3.8) is 0 Å². The molecule has 0 rings (SSSR count). The van der Waals surface area contributed by atoms with Crippen LogP contribution in [0.2, 0.25) is 0 Å². The van der Waals surface area contributed by atoms with Crippen LogP contribution in [0.5, 0.6) is 0 Å². The van der Waals surface area contributed by atoms with Gasteiger partial charge in [0.1, 0.15) is 6.61 Å². The lowest BCUT2D eigenvalue weighted by Gasteiger charge is -1.92. The Morgan fingerprint density at radius 2 is 2.10 bits per heavy atom. The highest BCUT2D eigenvalue weighted by atomic mass is 16.5. The third kappa shape index (κ3) is 9.98. The van der Waals surface area contributed by atoms with Crippen molar-refractivity contribution in [2.45, 2.75) is 0 Å². The quantitative estimate of drug-likeness (QED) is 0.258. The first-order valence-corrected chi connectivity index (χ1v) is 2.47. The average molecular weight is 145 g/mol. The maximum Gasteiger partial charge on any atom is 0.330 e. The second kappa shape index (κ2) is 10.8.